The Labute approximate surface area is 108 Å². The van der Waals surface area contributed by atoms with Crippen LogP contribution in [0, 0.1) is 6.92 Å². The molecule has 0 aromatic carbocycles. The third kappa shape index (κ3) is 1.46. The highest BCUT2D eigenvalue weighted by Gasteiger charge is 2.18. The molecule has 0 radical (unpaired) electrons. The molecule has 3 rings (SSSR count). The zero-order valence-corrected chi connectivity index (χ0v) is 10.3. The number of carbonyl (C=O) groups excluding carboxylic acids is 1. The summed E-state index contributed by atoms with van der Waals surface area (Å²) in [5, 5.41) is 4.80. The van der Waals surface area contributed by atoms with Gasteiger partial charge in [-0.05, 0) is 30.7 Å². The molecule has 0 spiro atoms. The summed E-state index contributed by atoms with van der Waals surface area (Å²) in [6, 6.07) is 7.12. The Kier molecular flexibility index (Phi) is 2.45. The second kappa shape index (κ2) is 3.99. The molecule has 0 aliphatic rings. The van der Waals surface area contributed by atoms with Crippen LogP contribution in [0.4, 0.5) is 0 Å². The van der Waals surface area contributed by atoms with Gasteiger partial charge in [-0.15, -0.1) is 0 Å². The van der Waals surface area contributed by atoms with Crippen LogP contribution in [-0.2, 0) is 0 Å². The van der Waals surface area contributed by atoms with Gasteiger partial charge in [0.05, 0.1) is 17.3 Å². The second-order valence-electron chi connectivity index (χ2n) is 3.96. The van der Waals surface area contributed by atoms with E-state index in [9.17, 15) is 4.79 Å². The Morgan fingerprint density at radius 3 is 2.89 bits per heavy atom. The minimum absolute atomic E-state index is 0.450. The van der Waals surface area contributed by atoms with Gasteiger partial charge in [-0.25, -0.2) is 4.52 Å². The van der Waals surface area contributed by atoms with E-state index in [1.807, 2.05) is 13.0 Å². The minimum Gasteiger partial charge on any atom is -0.462 e. The highest BCUT2D eigenvalue weighted by Crippen LogP contribution is 2.29. The fraction of sp³-hybridized carbons (Fsp3) is 0.0769. The van der Waals surface area contributed by atoms with Gasteiger partial charge >= 0.3 is 0 Å². The lowest BCUT2D eigenvalue weighted by Crippen LogP contribution is -1.88. The number of fused-ring (bicyclic) bond motifs is 1. The van der Waals surface area contributed by atoms with Gasteiger partial charge in [0, 0.05) is 0 Å². The molecular formula is C13H9ClN2O2. The standard InChI is InChI=1S/C13H9ClN2O2/c1-8-5-6-18-13(8)12-9(7-17)10-3-2-4-11(14)16(10)15-12/h2-7H,1H3. The predicted octanol–water partition coefficient (Wildman–Crippen LogP) is 3.37. The van der Waals surface area contributed by atoms with Crippen molar-refractivity contribution >= 4 is 23.4 Å². The summed E-state index contributed by atoms with van der Waals surface area (Å²) in [7, 11) is 0. The first kappa shape index (κ1) is 11.0. The number of aromatic nitrogens is 2. The van der Waals surface area contributed by atoms with Gasteiger partial charge in [-0.1, -0.05) is 17.7 Å². The fourth-order valence-electron chi connectivity index (χ4n) is 1.95. The summed E-state index contributed by atoms with van der Waals surface area (Å²) in [4.78, 5) is 11.3. The first-order valence-electron chi connectivity index (χ1n) is 5.39. The van der Waals surface area contributed by atoms with Gasteiger partial charge in [-0.3, -0.25) is 4.79 Å². The van der Waals surface area contributed by atoms with Crippen molar-refractivity contribution in [2.24, 2.45) is 0 Å². The van der Waals surface area contributed by atoms with Crippen LogP contribution in [0.1, 0.15) is 15.9 Å². The molecule has 3 aromatic heterocycles. The maximum absolute atomic E-state index is 11.3. The molecule has 0 N–H and O–H groups in total. The van der Waals surface area contributed by atoms with E-state index in [4.69, 9.17) is 16.0 Å². The fourth-order valence-corrected chi connectivity index (χ4v) is 2.16. The lowest BCUT2D eigenvalue weighted by molar-refractivity contribution is 0.112. The van der Waals surface area contributed by atoms with Gasteiger partial charge in [0.15, 0.2) is 12.0 Å². The zero-order valence-electron chi connectivity index (χ0n) is 9.55. The normalized spacial score (nSPS) is 11.0. The van der Waals surface area contributed by atoms with Gasteiger partial charge < -0.3 is 4.42 Å². The monoisotopic (exact) mass is 260 g/mol. The zero-order chi connectivity index (χ0) is 12.7. The number of aryl methyl sites for hydroxylation is 1. The molecule has 3 aromatic rings. The van der Waals surface area contributed by atoms with Crippen molar-refractivity contribution in [1.82, 2.24) is 9.61 Å². The number of rotatable bonds is 2. The van der Waals surface area contributed by atoms with Gasteiger partial charge in [-0.2, -0.15) is 5.10 Å². The number of halogens is 1. The molecule has 0 atom stereocenters. The predicted molar refractivity (Wildman–Crippen MR) is 68.0 cm³/mol. The van der Waals surface area contributed by atoms with Crippen molar-refractivity contribution in [1.29, 1.82) is 0 Å². The van der Waals surface area contributed by atoms with Crippen molar-refractivity contribution < 1.29 is 9.21 Å². The Morgan fingerprint density at radius 2 is 2.22 bits per heavy atom. The molecule has 0 bridgehead atoms. The first-order valence-corrected chi connectivity index (χ1v) is 5.77. The molecule has 0 aliphatic carbocycles. The van der Waals surface area contributed by atoms with Gasteiger partial charge in [0.2, 0.25) is 0 Å². The highest BCUT2D eigenvalue weighted by molar-refractivity contribution is 6.29. The van der Waals surface area contributed by atoms with E-state index in [1.54, 1.807) is 24.5 Å². The Balaban J connectivity index is 2.40. The molecular weight excluding hydrogens is 252 g/mol. The van der Waals surface area contributed by atoms with Crippen molar-refractivity contribution in [3.63, 3.8) is 0 Å². The summed E-state index contributed by atoms with van der Waals surface area (Å²) in [5.41, 5.74) is 2.59. The van der Waals surface area contributed by atoms with E-state index in [0.717, 1.165) is 11.8 Å². The average molecular weight is 261 g/mol. The van der Waals surface area contributed by atoms with Crippen LogP contribution in [0.2, 0.25) is 5.15 Å². The third-order valence-corrected chi connectivity index (χ3v) is 3.13. The third-order valence-electron chi connectivity index (χ3n) is 2.84. The maximum atomic E-state index is 11.3. The van der Waals surface area contributed by atoms with E-state index in [2.05, 4.69) is 5.10 Å². The number of carbonyl (C=O) groups is 1. The maximum Gasteiger partial charge on any atom is 0.157 e. The molecule has 4 nitrogen and oxygen atoms in total. The van der Waals surface area contributed by atoms with E-state index < -0.39 is 0 Å². The van der Waals surface area contributed by atoms with Crippen LogP contribution in [0.25, 0.3) is 17.0 Å². The molecule has 18 heavy (non-hydrogen) atoms. The summed E-state index contributed by atoms with van der Waals surface area (Å²) in [6.45, 7) is 1.90. The van der Waals surface area contributed by atoms with Crippen LogP contribution in [-0.4, -0.2) is 15.9 Å². The van der Waals surface area contributed by atoms with Crippen LogP contribution in [0.5, 0.6) is 0 Å². The largest absolute Gasteiger partial charge is 0.462 e. The van der Waals surface area contributed by atoms with Crippen molar-refractivity contribution in [3.05, 3.63) is 46.8 Å². The highest BCUT2D eigenvalue weighted by atomic mass is 35.5. The number of pyridine rings is 1. The Morgan fingerprint density at radius 1 is 1.39 bits per heavy atom. The molecule has 0 unspecified atom stereocenters. The quantitative estimate of drug-likeness (QED) is 0.524. The van der Waals surface area contributed by atoms with Crippen LogP contribution >= 0.6 is 11.6 Å². The molecule has 0 saturated carbocycles. The summed E-state index contributed by atoms with van der Waals surface area (Å²) < 4.78 is 6.91. The molecule has 5 heteroatoms. The molecule has 0 fully saturated rings. The van der Waals surface area contributed by atoms with Gasteiger partial charge in [0.1, 0.15) is 10.8 Å². The minimum atomic E-state index is 0.450. The lowest BCUT2D eigenvalue weighted by atomic mass is 10.1. The van der Waals surface area contributed by atoms with Crippen molar-refractivity contribution in [2.45, 2.75) is 6.92 Å². The van der Waals surface area contributed by atoms with E-state index in [1.165, 1.54) is 4.52 Å². The second-order valence-corrected chi connectivity index (χ2v) is 4.35. The van der Waals surface area contributed by atoms with Crippen LogP contribution in [0.3, 0.4) is 0 Å². The smallest absolute Gasteiger partial charge is 0.157 e. The van der Waals surface area contributed by atoms with E-state index in [0.29, 0.717) is 27.7 Å². The summed E-state index contributed by atoms with van der Waals surface area (Å²) >= 11 is 6.05. The molecule has 0 saturated heterocycles. The number of hydrogen-bond donors (Lipinski definition) is 0. The topological polar surface area (TPSA) is 47.5 Å². The van der Waals surface area contributed by atoms with E-state index >= 15 is 0 Å². The summed E-state index contributed by atoms with van der Waals surface area (Å²) in [6.07, 6.45) is 2.35. The van der Waals surface area contributed by atoms with Gasteiger partial charge in [0.25, 0.3) is 0 Å². The summed E-state index contributed by atoms with van der Waals surface area (Å²) in [5.74, 6) is 0.594. The number of furan rings is 1. The number of hydrogen-bond acceptors (Lipinski definition) is 3. The lowest BCUT2D eigenvalue weighted by Gasteiger charge is -1.94. The van der Waals surface area contributed by atoms with Crippen molar-refractivity contribution in [2.75, 3.05) is 0 Å². The molecule has 0 amide bonds. The van der Waals surface area contributed by atoms with Crippen LogP contribution in [0.15, 0.2) is 34.9 Å². The molecule has 0 aliphatic heterocycles. The SMILES string of the molecule is Cc1ccoc1-c1nn2c(Cl)cccc2c1C=O. The average Bonchev–Trinajstić information content (AvgIpc) is 2.92. The molecule has 90 valence electrons. The Hall–Kier alpha value is -2.07. The van der Waals surface area contributed by atoms with Crippen molar-refractivity contribution in [3.8, 4) is 11.5 Å². The number of nitrogens with zero attached hydrogens (tertiary/aromatic N) is 2. The van der Waals surface area contributed by atoms with Crippen LogP contribution < -0.4 is 0 Å². The molecule has 3 heterocycles. The Bertz CT molecular complexity index is 743. The van der Waals surface area contributed by atoms with E-state index in [-0.39, 0.29) is 0 Å². The number of aldehydes is 1. The first-order chi connectivity index (χ1) is 8.72.